The van der Waals surface area contributed by atoms with E-state index < -0.39 is 0 Å². The van der Waals surface area contributed by atoms with Gasteiger partial charge in [-0.25, -0.2) is 0 Å². The molecule has 1 fully saturated rings. The molecule has 2 heterocycles. The highest BCUT2D eigenvalue weighted by Crippen LogP contribution is 2.38. The molecular weight excluding hydrogens is 272 g/mol. The molecule has 0 aromatic heterocycles. The quantitative estimate of drug-likeness (QED) is 0.638. The molecule has 114 valence electrons. The molecular formula is C14H20N4O3. The summed E-state index contributed by atoms with van der Waals surface area (Å²) in [7, 11) is 0. The normalized spacial score (nSPS) is 22.0. The van der Waals surface area contributed by atoms with Crippen LogP contribution in [0.15, 0.2) is 12.1 Å². The first-order chi connectivity index (χ1) is 10.1. The van der Waals surface area contributed by atoms with Crippen LogP contribution in [0.25, 0.3) is 0 Å². The summed E-state index contributed by atoms with van der Waals surface area (Å²) in [5.41, 5.74) is 1.44. The number of ether oxygens (including phenoxy) is 1. The summed E-state index contributed by atoms with van der Waals surface area (Å²) in [5, 5.41) is 17.8. The van der Waals surface area contributed by atoms with Crippen molar-refractivity contribution in [1.29, 1.82) is 0 Å². The van der Waals surface area contributed by atoms with Gasteiger partial charge in [-0.2, -0.15) is 0 Å². The Labute approximate surface area is 123 Å². The summed E-state index contributed by atoms with van der Waals surface area (Å²) in [5.74, 6) is 0.582. The van der Waals surface area contributed by atoms with Gasteiger partial charge in [-0.05, 0) is 18.6 Å². The number of nitro groups is 1. The number of hydrogen-bond donors (Lipinski definition) is 2. The number of piperazine rings is 1. The van der Waals surface area contributed by atoms with E-state index >= 15 is 0 Å². The van der Waals surface area contributed by atoms with Crippen molar-refractivity contribution < 1.29 is 9.66 Å². The highest BCUT2D eigenvalue weighted by Gasteiger charge is 2.28. The number of fused-ring (bicyclic) bond motifs is 1. The molecule has 0 spiro atoms. The fourth-order valence-electron chi connectivity index (χ4n) is 2.88. The number of aryl methyl sites for hydroxylation is 1. The van der Waals surface area contributed by atoms with Gasteiger partial charge >= 0.3 is 0 Å². The number of nitrogens with zero attached hydrogens (tertiary/aromatic N) is 2. The Morgan fingerprint density at radius 2 is 2.19 bits per heavy atom. The summed E-state index contributed by atoms with van der Waals surface area (Å²) >= 11 is 0. The summed E-state index contributed by atoms with van der Waals surface area (Å²) in [6.07, 6.45) is 0. The third-order valence-electron chi connectivity index (χ3n) is 3.90. The van der Waals surface area contributed by atoms with Crippen LogP contribution in [0.1, 0.15) is 5.56 Å². The molecule has 2 aliphatic rings. The third kappa shape index (κ3) is 3.08. The minimum absolute atomic E-state index is 0.0806. The van der Waals surface area contributed by atoms with E-state index in [1.807, 2.05) is 13.0 Å². The minimum atomic E-state index is -0.352. The molecule has 2 aliphatic heterocycles. The Morgan fingerprint density at radius 1 is 1.43 bits per heavy atom. The summed E-state index contributed by atoms with van der Waals surface area (Å²) in [6.45, 7) is 7.20. The molecule has 2 N–H and O–H groups in total. The Balaban J connectivity index is 1.76. The molecule has 1 aromatic rings. The lowest BCUT2D eigenvalue weighted by atomic mass is 10.1. The van der Waals surface area contributed by atoms with Crippen LogP contribution in [0, 0.1) is 17.0 Å². The Bertz CT molecular complexity index is 543. The van der Waals surface area contributed by atoms with Crippen molar-refractivity contribution in [2.24, 2.45) is 0 Å². The van der Waals surface area contributed by atoms with Crippen LogP contribution in [0.3, 0.4) is 0 Å². The molecule has 7 nitrogen and oxygen atoms in total. The van der Waals surface area contributed by atoms with Crippen molar-refractivity contribution in [3.63, 3.8) is 0 Å². The second-order valence-electron chi connectivity index (χ2n) is 5.62. The van der Waals surface area contributed by atoms with Crippen LogP contribution in [0.2, 0.25) is 0 Å². The van der Waals surface area contributed by atoms with Gasteiger partial charge in [-0.15, -0.1) is 0 Å². The van der Waals surface area contributed by atoms with Crippen molar-refractivity contribution in [2.75, 3.05) is 44.6 Å². The van der Waals surface area contributed by atoms with Crippen LogP contribution >= 0.6 is 0 Å². The molecule has 1 aromatic carbocycles. The van der Waals surface area contributed by atoms with E-state index in [-0.39, 0.29) is 16.7 Å². The SMILES string of the molecule is Cc1cc2c(c([N+](=O)[O-])c1)N[C@@H](CN1CCNCC1)CO2. The van der Waals surface area contributed by atoms with Crippen LogP contribution in [-0.4, -0.2) is 55.2 Å². The highest BCUT2D eigenvalue weighted by atomic mass is 16.6. The average molecular weight is 292 g/mol. The van der Waals surface area contributed by atoms with Gasteiger partial charge in [0.1, 0.15) is 12.4 Å². The second-order valence-corrected chi connectivity index (χ2v) is 5.62. The van der Waals surface area contributed by atoms with E-state index in [2.05, 4.69) is 15.5 Å². The maximum atomic E-state index is 11.2. The second kappa shape index (κ2) is 5.87. The van der Waals surface area contributed by atoms with Crippen molar-refractivity contribution in [3.05, 3.63) is 27.8 Å². The highest BCUT2D eigenvalue weighted by molar-refractivity contribution is 5.72. The van der Waals surface area contributed by atoms with Gasteiger partial charge in [0.25, 0.3) is 5.69 Å². The molecule has 0 radical (unpaired) electrons. The minimum Gasteiger partial charge on any atom is -0.489 e. The van der Waals surface area contributed by atoms with Crippen LogP contribution in [-0.2, 0) is 0 Å². The summed E-state index contributed by atoms with van der Waals surface area (Å²) in [4.78, 5) is 13.2. The van der Waals surface area contributed by atoms with Crippen LogP contribution < -0.4 is 15.4 Å². The van der Waals surface area contributed by atoms with Crippen LogP contribution in [0.4, 0.5) is 11.4 Å². The van der Waals surface area contributed by atoms with Gasteiger partial charge in [0.05, 0.1) is 11.0 Å². The zero-order valence-electron chi connectivity index (χ0n) is 12.1. The third-order valence-corrected chi connectivity index (χ3v) is 3.90. The lowest BCUT2D eigenvalue weighted by molar-refractivity contribution is -0.384. The molecule has 1 atom stereocenters. The molecule has 21 heavy (non-hydrogen) atoms. The van der Waals surface area contributed by atoms with E-state index in [4.69, 9.17) is 4.74 Å². The van der Waals surface area contributed by atoms with Gasteiger partial charge in [0, 0.05) is 38.8 Å². The molecule has 7 heteroatoms. The largest absolute Gasteiger partial charge is 0.489 e. The Kier molecular flexibility index (Phi) is 3.94. The number of benzene rings is 1. The molecule has 0 saturated carbocycles. The molecule has 3 rings (SSSR count). The van der Waals surface area contributed by atoms with Crippen molar-refractivity contribution in [3.8, 4) is 5.75 Å². The predicted molar refractivity (Wildman–Crippen MR) is 80.0 cm³/mol. The van der Waals surface area contributed by atoms with Crippen molar-refractivity contribution in [2.45, 2.75) is 13.0 Å². The monoisotopic (exact) mass is 292 g/mol. The van der Waals surface area contributed by atoms with Crippen molar-refractivity contribution in [1.82, 2.24) is 10.2 Å². The number of anilines is 1. The number of nitrogens with one attached hydrogen (secondary N) is 2. The summed E-state index contributed by atoms with van der Waals surface area (Å²) < 4.78 is 5.74. The maximum absolute atomic E-state index is 11.2. The zero-order chi connectivity index (χ0) is 14.8. The van der Waals surface area contributed by atoms with Crippen LogP contribution in [0.5, 0.6) is 5.75 Å². The van der Waals surface area contributed by atoms with E-state index in [1.165, 1.54) is 0 Å². The Hall–Kier alpha value is -1.86. The topological polar surface area (TPSA) is 79.7 Å². The summed E-state index contributed by atoms with van der Waals surface area (Å²) in [6, 6.07) is 3.51. The predicted octanol–water partition coefficient (Wildman–Crippen LogP) is 0.981. The molecule has 0 bridgehead atoms. The van der Waals surface area contributed by atoms with E-state index in [0.29, 0.717) is 18.0 Å². The fraction of sp³-hybridized carbons (Fsp3) is 0.571. The standard InChI is InChI=1S/C14H20N4O3/c1-10-6-12(18(19)20)14-13(7-10)21-9-11(16-14)8-17-4-2-15-3-5-17/h6-7,11,15-16H,2-5,8-9H2,1H3/t11-/m0/s1. The van der Waals surface area contributed by atoms with Gasteiger partial charge in [0.15, 0.2) is 5.69 Å². The number of hydrogen-bond acceptors (Lipinski definition) is 6. The van der Waals surface area contributed by atoms with E-state index in [1.54, 1.807) is 6.07 Å². The van der Waals surface area contributed by atoms with Gasteiger partial charge < -0.3 is 15.4 Å². The van der Waals surface area contributed by atoms with Crippen molar-refractivity contribution >= 4 is 11.4 Å². The maximum Gasteiger partial charge on any atom is 0.296 e. The lowest BCUT2D eigenvalue weighted by Crippen LogP contribution is -2.49. The molecule has 0 amide bonds. The average Bonchev–Trinajstić information content (AvgIpc) is 2.47. The molecule has 0 aliphatic carbocycles. The lowest BCUT2D eigenvalue weighted by Gasteiger charge is -2.34. The first kappa shape index (κ1) is 14.1. The van der Waals surface area contributed by atoms with Gasteiger partial charge in [0.2, 0.25) is 0 Å². The fourth-order valence-corrected chi connectivity index (χ4v) is 2.88. The number of nitro benzene ring substituents is 1. The number of rotatable bonds is 3. The zero-order valence-corrected chi connectivity index (χ0v) is 12.1. The van der Waals surface area contributed by atoms with Gasteiger partial charge in [-0.3, -0.25) is 15.0 Å². The Morgan fingerprint density at radius 3 is 2.90 bits per heavy atom. The first-order valence-corrected chi connectivity index (χ1v) is 7.25. The first-order valence-electron chi connectivity index (χ1n) is 7.25. The smallest absolute Gasteiger partial charge is 0.296 e. The molecule has 0 unspecified atom stereocenters. The molecule has 1 saturated heterocycles. The van der Waals surface area contributed by atoms with Gasteiger partial charge in [-0.1, -0.05) is 0 Å². The van der Waals surface area contributed by atoms with E-state index in [0.717, 1.165) is 38.3 Å². The van der Waals surface area contributed by atoms with E-state index in [9.17, 15) is 10.1 Å².